The highest BCUT2D eigenvalue weighted by Crippen LogP contribution is 2.22. The topological polar surface area (TPSA) is 92.5 Å². The van der Waals surface area contributed by atoms with Gasteiger partial charge in [-0.05, 0) is 18.2 Å². The van der Waals surface area contributed by atoms with Crippen molar-refractivity contribution >= 4 is 35.1 Å². The summed E-state index contributed by atoms with van der Waals surface area (Å²) in [6.07, 6.45) is 0. The van der Waals surface area contributed by atoms with Gasteiger partial charge in [0.05, 0.1) is 0 Å². The molecule has 94 valence electrons. The van der Waals surface area contributed by atoms with Crippen molar-refractivity contribution in [2.45, 2.75) is 0 Å². The van der Waals surface area contributed by atoms with Gasteiger partial charge in [0.1, 0.15) is 5.92 Å². The zero-order chi connectivity index (χ0) is 13.3. The van der Waals surface area contributed by atoms with Crippen LogP contribution in [0.2, 0.25) is 5.02 Å². The monoisotopic (exact) mass is 267 g/mol. The first-order chi connectivity index (χ1) is 8.49. The van der Waals surface area contributed by atoms with Crippen LogP contribution >= 0.6 is 11.6 Å². The zero-order valence-electron chi connectivity index (χ0n) is 9.22. The number of anilines is 1. The number of amides is 4. The van der Waals surface area contributed by atoms with Gasteiger partial charge in [0.15, 0.2) is 0 Å². The van der Waals surface area contributed by atoms with Crippen molar-refractivity contribution in [3.63, 3.8) is 0 Å². The molecule has 1 aromatic rings. The number of carbonyl (C=O) groups excluding carboxylic acids is 3. The summed E-state index contributed by atoms with van der Waals surface area (Å²) in [5, 5.41) is 2.53. The van der Waals surface area contributed by atoms with E-state index >= 15 is 0 Å². The average molecular weight is 268 g/mol. The number of carbonyl (C=O) groups is 3. The van der Waals surface area contributed by atoms with Gasteiger partial charge in [-0.25, -0.2) is 4.79 Å². The van der Waals surface area contributed by atoms with Crippen molar-refractivity contribution in [1.29, 1.82) is 0 Å². The molecule has 1 aliphatic rings. The minimum absolute atomic E-state index is 0.0830. The molecule has 3 N–H and O–H groups in total. The largest absolute Gasteiger partial charge is 0.369 e. The maximum Gasteiger partial charge on any atom is 0.328 e. The smallest absolute Gasteiger partial charge is 0.328 e. The molecule has 2 rings (SSSR count). The van der Waals surface area contributed by atoms with Crippen LogP contribution in [0.3, 0.4) is 0 Å². The van der Waals surface area contributed by atoms with Gasteiger partial charge in [0, 0.05) is 17.3 Å². The van der Waals surface area contributed by atoms with Crippen LogP contribution in [0.1, 0.15) is 0 Å². The lowest BCUT2D eigenvalue weighted by atomic mass is 10.1. The second-order valence-electron chi connectivity index (χ2n) is 3.84. The number of nitrogens with one attached hydrogen (secondary N) is 1. The number of hydrogen-bond donors (Lipinski definition) is 2. The minimum Gasteiger partial charge on any atom is -0.369 e. The van der Waals surface area contributed by atoms with Crippen LogP contribution in [0.25, 0.3) is 0 Å². The van der Waals surface area contributed by atoms with E-state index in [1.54, 1.807) is 24.3 Å². The van der Waals surface area contributed by atoms with E-state index in [1.165, 1.54) is 4.90 Å². The van der Waals surface area contributed by atoms with Gasteiger partial charge in [-0.3, -0.25) is 19.8 Å². The van der Waals surface area contributed by atoms with Crippen molar-refractivity contribution in [3.8, 4) is 0 Å². The van der Waals surface area contributed by atoms with Crippen LogP contribution in [0, 0.1) is 5.92 Å². The fraction of sp³-hybridized carbons (Fsp3) is 0.182. The highest BCUT2D eigenvalue weighted by atomic mass is 35.5. The number of halogens is 1. The summed E-state index contributed by atoms with van der Waals surface area (Å²) >= 11 is 5.82. The molecule has 7 heteroatoms. The van der Waals surface area contributed by atoms with Crippen molar-refractivity contribution in [1.82, 2.24) is 5.32 Å². The SMILES string of the molecule is NC(=O)C1CN(c2cccc(Cl)c2)C(=O)NC1=O. The Morgan fingerprint density at radius 2 is 2.17 bits per heavy atom. The van der Waals surface area contributed by atoms with Crippen LogP contribution in [-0.4, -0.2) is 24.4 Å². The van der Waals surface area contributed by atoms with E-state index in [0.29, 0.717) is 10.7 Å². The lowest BCUT2D eigenvalue weighted by Crippen LogP contribution is -2.57. The summed E-state index contributed by atoms with van der Waals surface area (Å²) in [6, 6.07) is 5.94. The highest BCUT2D eigenvalue weighted by molar-refractivity contribution is 6.31. The number of rotatable bonds is 2. The van der Waals surface area contributed by atoms with Crippen LogP contribution in [0.15, 0.2) is 24.3 Å². The van der Waals surface area contributed by atoms with Crippen molar-refractivity contribution < 1.29 is 14.4 Å². The minimum atomic E-state index is -1.05. The Morgan fingerprint density at radius 1 is 1.44 bits per heavy atom. The fourth-order valence-corrected chi connectivity index (χ4v) is 1.88. The molecular formula is C11H10ClN3O3. The number of nitrogens with two attached hydrogens (primary N) is 1. The molecule has 1 aromatic carbocycles. The van der Waals surface area contributed by atoms with Gasteiger partial charge in [0.25, 0.3) is 0 Å². The quantitative estimate of drug-likeness (QED) is 0.764. The van der Waals surface area contributed by atoms with E-state index in [0.717, 1.165) is 0 Å². The lowest BCUT2D eigenvalue weighted by Gasteiger charge is -2.30. The van der Waals surface area contributed by atoms with Crippen molar-refractivity contribution in [3.05, 3.63) is 29.3 Å². The summed E-state index contributed by atoms with van der Waals surface area (Å²) in [5.74, 6) is -2.50. The Balaban J connectivity index is 2.30. The van der Waals surface area contributed by atoms with Crippen molar-refractivity contribution in [2.75, 3.05) is 11.4 Å². The molecule has 4 amide bonds. The lowest BCUT2D eigenvalue weighted by molar-refractivity contribution is -0.132. The molecule has 1 fully saturated rings. The third-order valence-electron chi connectivity index (χ3n) is 2.62. The summed E-state index contributed by atoms with van der Waals surface area (Å²) in [5.41, 5.74) is 5.61. The molecule has 0 saturated carbocycles. The van der Waals surface area contributed by atoms with Crippen molar-refractivity contribution in [2.24, 2.45) is 11.7 Å². The number of imide groups is 1. The maximum absolute atomic E-state index is 11.7. The van der Waals surface area contributed by atoms with E-state index in [1.807, 2.05) is 0 Å². The summed E-state index contributed by atoms with van der Waals surface area (Å²) in [6.45, 7) is -0.0830. The van der Waals surface area contributed by atoms with E-state index < -0.39 is 23.8 Å². The Kier molecular flexibility index (Phi) is 3.20. The van der Waals surface area contributed by atoms with E-state index in [-0.39, 0.29) is 6.54 Å². The summed E-state index contributed by atoms with van der Waals surface area (Å²) in [7, 11) is 0. The molecule has 1 aliphatic heterocycles. The Hall–Kier alpha value is -2.08. The zero-order valence-corrected chi connectivity index (χ0v) is 9.98. The molecule has 0 radical (unpaired) electrons. The van der Waals surface area contributed by atoms with Crippen LogP contribution < -0.4 is 16.0 Å². The van der Waals surface area contributed by atoms with Crippen LogP contribution in [0.4, 0.5) is 10.5 Å². The molecule has 1 unspecified atom stereocenters. The summed E-state index contributed by atoms with van der Waals surface area (Å²) in [4.78, 5) is 35.5. The Morgan fingerprint density at radius 3 is 2.78 bits per heavy atom. The van der Waals surface area contributed by atoms with Crippen LogP contribution in [-0.2, 0) is 9.59 Å². The van der Waals surface area contributed by atoms with Crippen LogP contribution in [0.5, 0.6) is 0 Å². The molecule has 0 bridgehead atoms. The first-order valence-corrected chi connectivity index (χ1v) is 5.54. The first kappa shape index (κ1) is 12.4. The third-order valence-corrected chi connectivity index (χ3v) is 2.86. The van der Waals surface area contributed by atoms with Gasteiger partial charge in [-0.15, -0.1) is 0 Å². The molecular weight excluding hydrogens is 258 g/mol. The maximum atomic E-state index is 11.7. The predicted molar refractivity (Wildman–Crippen MR) is 65.0 cm³/mol. The third kappa shape index (κ3) is 2.28. The highest BCUT2D eigenvalue weighted by Gasteiger charge is 2.36. The number of urea groups is 1. The number of hydrogen-bond acceptors (Lipinski definition) is 3. The second kappa shape index (κ2) is 4.66. The fourth-order valence-electron chi connectivity index (χ4n) is 1.69. The van der Waals surface area contributed by atoms with Gasteiger partial charge in [-0.2, -0.15) is 0 Å². The van der Waals surface area contributed by atoms with Gasteiger partial charge >= 0.3 is 6.03 Å². The predicted octanol–water partition coefficient (Wildman–Crippen LogP) is 0.498. The molecule has 0 spiro atoms. The molecule has 0 aromatic heterocycles. The Bertz CT molecular complexity index is 532. The molecule has 0 aliphatic carbocycles. The molecule has 1 atom stereocenters. The van der Waals surface area contributed by atoms with E-state index in [9.17, 15) is 14.4 Å². The van der Waals surface area contributed by atoms with Gasteiger partial charge < -0.3 is 5.73 Å². The molecule has 1 heterocycles. The number of nitrogens with zero attached hydrogens (tertiary/aromatic N) is 1. The Labute approximate surface area is 108 Å². The summed E-state index contributed by atoms with van der Waals surface area (Å²) < 4.78 is 0. The normalized spacial score (nSPS) is 19.6. The molecule has 6 nitrogen and oxygen atoms in total. The van der Waals surface area contributed by atoms with E-state index in [4.69, 9.17) is 17.3 Å². The standard InChI is InChI=1S/C11H10ClN3O3/c12-6-2-1-3-7(4-6)15-5-8(9(13)16)10(17)14-11(15)18/h1-4,8H,5H2,(H2,13,16)(H,14,17,18). The molecule has 1 saturated heterocycles. The van der Waals surface area contributed by atoms with E-state index in [2.05, 4.69) is 5.32 Å². The number of primary amides is 1. The van der Waals surface area contributed by atoms with Gasteiger partial charge in [0.2, 0.25) is 11.8 Å². The average Bonchev–Trinajstić information content (AvgIpc) is 2.28. The second-order valence-corrected chi connectivity index (χ2v) is 4.28. The molecule has 18 heavy (non-hydrogen) atoms. The van der Waals surface area contributed by atoms with Gasteiger partial charge in [-0.1, -0.05) is 17.7 Å². The number of benzene rings is 1. The first-order valence-electron chi connectivity index (χ1n) is 5.16.